The summed E-state index contributed by atoms with van der Waals surface area (Å²) in [4.78, 5) is 32.0. The van der Waals surface area contributed by atoms with E-state index in [-0.39, 0.29) is 29.6 Å². The van der Waals surface area contributed by atoms with E-state index < -0.39 is 6.04 Å². The zero-order valence-corrected chi connectivity index (χ0v) is 17.4. The van der Waals surface area contributed by atoms with Crippen LogP contribution in [0.3, 0.4) is 0 Å². The maximum atomic E-state index is 13.4. The molecule has 2 N–H and O–H groups in total. The number of carbonyl (C=O) groups is 1. The molecule has 3 aromatic rings. The molecule has 0 aliphatic carbocycles. The van der Waals surface area contributed by atoms with Crippen molar-refractivity contribution in [1.82, 2.24) is 15.3 Å². The number of aromatic amines is 1. The van der Waals surface area contributed by atoms with Gasteiger partial charge in [0.15, 0.2) is 0 Å². The number of carbonyl (C=O) groups excluding carboxylic acids is 1. The SMILES string of the molecule is Cc1ccc(CC(=O)N[C@@H](Cc2cc(=O)[nH]c(C(C)C)n2)c2ccc(F)cc2)cc1. The summed E-state index contributed by atoms with van der Waals surface area (Å²) >= 11 is 0. The van der Waals surface area contributed by atoms with E-state index in [1.165, 1.54) is 18.2 Å². The predicted molar refractivity (Wildman–Crippen MR) is 115 cm³/mol. The molecule has 3 rings (SSSR count). The zero-order valence-electron chi connectivity index (χ0n) is 17.4. The minimum Gasteiger partial charge on any atom is -0.349 e. The molecule has 0 unspecified atom stereocenters. The molecule has 1 heterocycles. The van der Waals surface area contributed by atoms with Crippen molar-refractivity contribution >= 4 is 5.91 Å². The summed E-state index contributed by atoms with van der Waals surface area (Å²) in [5.41, 5.74) is 3.14. The van der Waals surface area contributed by atoms with E-state index in [0.29, 0.717) is 17.9 Å². The number of halogens is 1. The Labute approximate surface area is 175 Å². The van der Waals surface area contributed by atoms with Gasteiger partial charge in [0.25, 0.3) is 5.56 Å². The van der Waals surface area contributed by atoms with Gasteiger partial charge in [0, 0.05) is 18.4 Å². The second kappa shape index (κ2) is 9.48. The van der Waals surface area contributed by atoms with Crippen molar-refractivity contribution in [3.63, 3.8) is 0 Å². The first-order valence-corrected chi connectivity index (χ1v) is 10.0. The quantitative estimate of drug-likeness (QED) is 0.622. The molecule has 0 saturated heterocycles. The van der Waals surface area contributed by atoms with Crippen LogP contribution in [0.25, 0.3) is 0 Å². The van der Waals surface area contributed by atoms with Crippen LogP contribution in [0, 0.1) is 12.7 Å². The molecule has 0 fully saturated rings. The highest BCUT2D eigenvalue weighted by atomic mass is 19.1. The molecule has 1 aromatic heterocycles. The van der Waals surface area contributed by atoms with Crippen LogP contribution < -0.4 is 10.9 Å². The summed E-state index contributed by atoms with van der Waals surface area (Å²) in [6, 6.07) is 14.8. The highest BCUT2D eigenvalue weighted by molar-refractivity contribution is 5.79. The number of hydrogen-bond acceptors (Lipinski definition) is 3. The highest BCUT2D eigenvalue weighted by Gasteiger charge is 2.18. The average Bonchev–Trinajstić information content (AvgIpc) is 2.69. The highest BCUT2D eigenvalue weighted by Crippen LogP contribution is 2.19. The van der Waals surface area contributed by atoms with Crippen molar-refractivity contribution in [3.8, 4) is 0 Å². The molecule has 0 aliphatic rings. The van der Waals surface area contributed by atoms with Gasteiger partial charge in [0.2, 0.25) is 5.91 Å². The first kappa shape index (κ1) is 21.4. The predicted octanol–water partition coefficient (Wildman–Crippen LogP) is 3.98. The third-order valence-electron chi connectivity index (χ3n) is 4.87. The average molecular weight is 407 g/mol. The number of aromatic nitrogens is 2. The lowest BCUT2D eigenvalue weighted by Crippen LogP contribution is -2.32. The second-order valence-electron chi connectivity index (χ2n) is 7.81. The lowest BCUT2D eigenvalue weighted by atomic mass is 10.0. The summed E-state index contributed by atoms with van der Waals surface area (Å²) in [6.07, 6.45) is 0.562. The number of amides is 1. The molecule has 30 heavy (non-hydrogen) atoms. The van der Waals surface area contributed by atoms with Crippen molar-refractivity contribution in [2.75, 3.05) is 0 Å². The van der Waals surface area contributed by atoms with Crippen LogP contribution in [-0.2, 0) is 17.6 Å². The number of hydrogen-bond donors (Lipinski definition) is 2. The molecule has 0 aliphatic heterocycles. The molecular weight excluding hydrogens is 381 g/mol. The first-order chi connectivity index (χ1) is 14.3. The van der Waals surface area contributed by atoms with Gasteiger partial charge in [0.1, 0.15) is 11.6 Å². The molecule has 6 heteroatoms. The summed E-state index contributed by atoms with van der Waals surface area (Å²) in [6.45, 7) is 5.89. The molecule has 5 nitrogen and oxygen atoms in total. The Morgan fingerprint density at radius 2 is 1.77 bits per heavy atom. The monoisotopic (exact) mass is 407 g/mol. The van der Waals surface area contributed by atoms with Gasteiger partial charge in [-0.1, -0.05) is 55.8 Å². The third-order valence-corrected chi connectivity index (χ3v) is 4.87. The minimum absolute atomic E-state index is 0.0676. The maximum absolute atomic E-state index is 13.4. The number of benzene rings is 2. The van der Waals surface area contributed by atoms with E-state index in [0.717, 1.165) is 16.7 Å². The van der Waals surface area contributed by atoms with Crippen LogP contribution in [0.1, 0.15) is 54.0 Å². The van der Waals surface area contributed by atoms with Gasteiger partial charge in [-0.2, -0.15) is 0 Å². The fourth-order valence-corrected chi connectivity index (χ4v) is 3.20. The number of nitrogens with one attached hydrogen (secondary N) is 2. The van der Waals surface area contributed by atoms with E-state index in [4.69, 9.17) is 0 Å². The van der Waals surface area contributed by atoms with Crippen LogP contribution in [0.4, 0.5) is 4.39 Å². The van der Waals surface area contributed by atoms with Gasteiger partial charge in [-0.05, 0) is 30.2 Å². The molecule has 0 spiro atoms. The van der Waals surface area contributed by atoms with Crippen molar-refractivity contribution in [3.05, 3.63) is 99.0 Å². The summed E-state index contributed by atoms with van der Waals surface area (Å²) in [5, 5.41) is 3.02. The van der Waals surface area contributed by atoms with Crippen molar-refractivity contribution in [1.29, 1.82) is 0 Å². The second-order valence-corrected chi connectivity index (χ2v) is 7.81. The number of rotatable bonds is 7. The number of nitrogens with zero attached hydrogens (tertiary/aromatic N) is 1. The molecule has 1 atom stereocenters. The lowest BCUT2D eigenvalue weighted by Gasteiger charge is -2.20. The molecule has 0 bridgehead atoms. The Kier molecular flexibility index (Phi) is 6.77. The Morgan fingerprint density at radius 1 is 1.10 bits per heavy atom. The van der Waals surface area contributed by atoms with E-state index >= 15 is 0 Å². The summed E-state index contributed by atoms with van der Waals surface area (Å²) < 4.78 is 13.4. The Morgan fingerprint density at radius 3 is 2.40 bits per heavy atom. The van der Waals surface area contributed by atoms with Crippen LogP contribution >= 0.6 is 0 Å². The van der Waals surface area contributed by atoms with Crippen LogP contribution in [0.15, 0.2) is 59.4 Å². The van der Waals surface area contributed by atoms with Gasteiger partial charge in [0.05, 0.1) is 18.2 Å². The molecule has 0 saturated carbocycles. The first-order valence-electron chi connectivity index (χ1n) is 10.0. The number of aryl methyl sites for hydroxylation is 1. The molecular formula is C24H26FN3O2. The van der Waals surface area contributed by atoms with E-state index in [2.05, 4.69) is 15.3 Å². The lowest BCUT2D eigenvalue weighted by molar-refractivity contribution is -0.121. The Hall–Kier alpha value is -3.28. The molecule has 1 amide bonds. The minimum atomic E-state index is -0.433. The maximum Gasteiger partial charge on any atom is 0.251 e. The summed E-state index contributed by atoms with van der Waals surface area (Å²) in [7, 11) is 0. The fourth-order valence-electron chi connectivity index (χ4n) is 3.20. The molecule has 2 aromatic carbocycles. The van der Waals surface area contributed by atoms with Gasteiger partial charge in [-0.25, -0.2) is 9.37 Å². The van der Waals surface area contributed by atoms with Gasteiger partial charge >= 0.3 is 0 Å². The van der Waals surface area contributed by atoms with E-state index in [9.17, 15) is 14.0 Å². The number of H-pyrrole nitrogens is 1. The Bertz CT molecular complexity index is 1060. The zero-order chi connectivity index (χ0) is 21.7. The van der Waals surface area contributed by atoms with Gasteiger partial charge in [-0.3, -0.25) is 9.59 Å². The van der Waals surface area contributed by atoms with Crippen molar-refractivity contribution < 1.29 is 9.18 Å². The van der Waals surface area contributed by atoms with Gasteiger partial charge < -0.3 is 10.3 Å². The smallest absolute Gasteiger partial charge is 0.251 e. The van der Waals surface area contributed by atoms with Crippen molar-refractivity contribution in [2.45, 2.75) is 45.6 Å². The van der Waals surface area contributed by atoms with Crippen LogP contribution in [0.5, 0.6) is 0 Å². The molecule has 156 valence electrons. The standard InChI is InChI=1S/C24H26FN3O2/c1-15(2)24-26-20(14-23(30)28-24)13-21(18-8-10-19(25)11-9-18)27-22(29)12-17-6-4-16(3)5-7-17/h4-11,14-15,21H,12-13H2,1-3H3,(H,27,29)(H,26,28,30)/t21-/m0/s1. The summed E-state index contributed by atoms with van der Waals surface area (Å²) in [5.74, 6) is 0.168. The normalized spacial score (nSPS) is 12.0. The molecule has 0 radical (unpaired) electrons. The van der Waals surface area contributed by atoms with Crippen LogP contribution in [-0.4, -0.2) is 15.9 Å². The van der Waals surface area contributed by atoms with Crippen molar-refractivity contribution in [2.24, 2.45) is 0 Å². The third kappa shape index (κ3) is 5.86. The van der Waals surface area contributed by atoms with E-state index in [1.54, 1.807) is 12.1 Å². The fraction of sp³-hybridized carbons (Fsp3) is 0.292. The Balaban J connectivity index is 1.83. The van der Waals surface area contributed by atoms with Crippen LogP contribution in [0.2, 0.25) is 0 Å². The van der Waals surface area contributed by atoms with E-state index in [1.807, 2.05) is 45.0 Å². The largest absolute Gasteiger partial charge is 0.349 e. The van der Waals surface area contributed by atoms with Gasteiger partial charge in [-0.15, -0.1) is 0 Å². The topological polar surface area (TPSA) is 74.8 Å².